The van der Waals surface area contributed by atoms with Crippen molar-refractivity contribution in [2.45, 2.75) is 0 Å². The van der Waals surface area contributed by atoms with Crippen LogP contribution in [0.5, 0.6) is 0 Å². The molecule has 2 heteroatoms. The van der Waals surface area contributed by atoms with Gasteiger partial charge in [0.25, 0.3) is 0 Å². The summed E-state index contributed by atoms with van der Waals surface area (Å²) >= 11 is 0. The molecule has 3 aromatic heterocycles. The van der Waals surface area contributed by atoms with Crippen molar-refractivity contribution < 1.29 is 0 Å². The van der Waals surface area contributed by atoms with Gasteiger partial charge in [-0.15, -0.1) is 0 Å². The van der Waals surface area contributed by atoms with Gasteiger partial charge in [0.1, 0.15) is 0 Å². The molecule has 258 valence electrons. The first-order valence-corrected chi connectivity index (χ1v) is 19.4. The number of hydrogen-bond donors (Lipinski definition) is 0. The summed E-state index contributed by atoms with van der Waals surface area (Å²) in [5.74, 6) is 0. The summed E-state index contributed by atoms with van der Waals surface area (Å²) in [4.78, 5) is 0. The molecule has 13 rings (SSSR count). The van der Waals surface area contributed by atoms with Crippen molar-refractivity contribution >= 4 is 92.2 Å². The molecular formula is C54H32N2. The maximum Gasteiger partial charge on any atom is 0.0620 e. The predicted molar refractivity (Wildman–Crippen MR) is 239 cm³/mol. The van der Waals surface area contributed by atoms with Gasteiger partial charge in [0.2, 0.25) is 0 Å². The van der Waals surface area contributed by atoms with Gasteiger partial charge in [-0.2, -0.15) is 0 Å². The molecule has 0 unspecified atom stereocenters. The highest BCUT2D eigenvalue weighted by molar-refractivity contribution is 6.26. The van der Waals surface area contributed by atoms with Crippen molar-refractivity contribution in [3.8, 4) is 27.9 Å². The van der Waals surface area contributed by atoms with Crippen LogP contribution in [-0.4, -0.2) is 8.97 Å². The molecule has 0 N–H and O–H groups in total. The Bertz CT molecular complexity index is 3730. The molecule has 0 aliphatic rings. The van der Waals surface area contributed by atoms with Crippen LogP contribution in [-0.2, 0) is 0 Å². The Balaban J connectivity index is 0.967. The second-order valence-corrected chi connectivity index (χ2v) is 15.3. The fourth-order valence-electron chi connectivity index (χ4n) is 9.95. The molecule has 13 aromatic rings. The summed E-state index contributed by atoms with van der Waals surface area (Å²) < 4.78 is 4.91. The minimum absolute atomic E-state index is 1.17. The van der Waals surface area contributed by atoms with Crippen LogP contribution >= 0.6 is 0 Å². The molecule has 0 atom stereocenters. The lowest BCUT2D eigenvalue weighted by Crippen LogP contribution is -1.94. The van der Waals surface area contributed by atoms with Gasteiger partial charge in [-0.1, -0.05) is 146 Å². The first kappa shape index (κ1) is 30.0. The highest BCUT2D eigenvalue weighted by atomic mass is 15.0. The Morgan fingerprint density at radius 1 is 0.232 bits per heavy atom. The molecule has 2 nitrogen and oxygen atoms in total. The maximum absolute atomic E-state index is 2.46. The number of nitrogens with zero attached hydrogens (tertiary/aromatic N) is 2. The molecule has 10 aromatic carbocycles. The minimum Gasteiger partial charge on any atom is -0.309 e. The van der Waals surface area contributed by atoms with Crippen LogP contribution in [0.4, 0.5) is 0 Å². The Labute approximate surface area is 322 Å². The van der Waals surface area contributed by atoms with Gasteiger partial charge in [-0.05, 0) is 103 Å². The molecule has 0 saturated carbocycles. The third-order valence-corrected chi connectivity index (χ3v) is 12.4. The number of para-hydroxylation sites is 3. The summed E-state index contributed by atoms with van der Waals surface area (Å²) in [5, 5.41) is 15.5. The second kappa shape index (κ2) is 11.1. The van der Waals surface area contributed by atoms with E-state index in [4.69, 9.17) is 0 Å². The third kappa shape index (κ3) is 4.00. The summed E-state index contributed by atoms with van der Waals surface area (Å²) in [6.45, 7) is 0. The zero-order chi connectivity index (χ0) is 36.5. The van der Waals surface area contributed by atoms with Crippen LogP contribution in [0.3, 0.4) is 0 Å². The lowest BCUT2D eigenvalue weighted by molar-refractivity contribution is 1.19. The Hall–Kier alpha value is -7.42. The lowest BCUT2D eigenvalue weighted by atomic mass is 9.94. The highest BCUT2D eigenvalue weighted by Gasteiger charge is 2.19. The van der Waals surface area contributed by atoms with Crippen molar-refractivity contribution in [1.82, 2.24) is 8.97 Å². The fourth-order valence-corrected chi connectivity index (χ4v) is 9.95. The average molecular weight is 709 g/mol. The van der Waals surface area contributed by atoms with E-state index in [1.807, 2.05) is 0 Å². The summed E-state index contributed by atoms with van der Waals surface area (Å²) in [5.41, 5.74) is 12.3. The van der Waals surface area contributed by atoms with Gasteiger partial charge in [-0.25, -0.2) is 0 Å². The monoisotopic (exact) mass is 708 g/mol. The lowest BCUT2D eigenvalue weighted by Gasteiger charge is -2.14. The topological polar surface area (TPSA) is 9.34 Å². The standard InChI is InChI=1S/C54H32N2/c1-2-15-40-38(13-1)39-14-3-4-16-41(39)48-32-37(25-27-42(40)48)55-50-21-7-6-18-44(50)49-30-35(24-28-52(49)55)33-11-9-12-34(29-33)36-23-26-45-47-20-10-19-46-43-17-5-8-22-51(43)56(54(46)47)53(45)31-36/h1-32H. The molecule has 0 amide bonds. The van der Waals surface area contributed by atoms with E-state index in [1.165, 1.54) is 120 Å². The molecular weight excluding hydrogens is 677 g/mol. The zero-order valence-electron chi connectivity index (χ0n) is 30.4. The summed E-state index contributed by atoms with van der Waals surface area (Å²) in [6.07, 6.45) is 0. The Kier molecular flexibility index (Phi) is 5.92. The van der Waals surface area contributed by atoms with E-state index in [0.717, 1.165) is 0 Å². The van der Waals surface area contributed by atoms with Crippen LogP contribution < -0.4 is 0 Å². The number of rotatable bonds is 3. The van der Waals surface area contributed by atoms with Crippen LogP contribution in [0.2, 0.25) is 0 Å². The van der Waals surface area contributed by atoms with Gasteiger partial charge in [-0.3, -0.25) is 0 Å². The molecule has 0 saturated heterocycles. The Morgan fingerprint density at radius 2 is 0.696 bits per heavy atom. The van der Waals surface area contributed by atoms with Crippen molar-refractivity contribution in [3.63, 3.8) is 0 Å². The number of fused-ring (bicyclic) bond motifs is 15. The molecule has 3 heterocycles. The summed E-state index contributed by atoms with van der Waals surface area (Å²) in [6, 6.07) is 72.0. The first-order chi connectivity index (χ1) is 27.8. The molecule has 0 aliphatic carbocycles. The van der Waals surface area contributed by atoms with Crippen molar-refractivity contribution in [1.29, 1.82) is 0 Å². The van der Waals surface area contributed by atoms with E-state index >= 15 is 0 Å². The molecule has 0 aliphatic heterocycles. The summed E-state index contributed by atoms with van der Waals surface area (Å²) in [7, 11) is 0. The minimum atomic E-state index is 1.17. The molecule has 0 bridgehead atoms. The predicted octanol–water partition coefficient (Wildman–Crippen LogP) is 14.7. The van der Waals surface area contributed by atoms with E-state index in [9.17, 15) is 0 Å². The van der Waals surface area contributed by atoms with E-state index in [0.29, 0.717) is 0 Å². The Morgan fingerprint density at radius 3 is 1.41 bits per heavy atom. The molecule has 0 spiro atoms. The van der Waals surface area contributed by atoms with Gasteiger partial charge in [0.05, 0.1) is 27.6 Å². The van der Waals surface area contributed by atoms with Crippen molar-refractivity contribution in [2.24, 2.45) is 0 Å². The van der Waals surface area contributed by atoms with E-state index < -0.39 is 0 Å². The third-order valence-electron chi connectivity index (χ3n) is 12.4. The van der Waals surface area contributed by atoms with E-state index in [1.54, 1.807) is 0 Å². The van der Waals surface area contributed by atoms with Gasteiger partial charge in [0.15, 0.2) is 0 Å². The van der Waals surface area contributed by atoms with Gasteiger partial charge >= 0.3 is 0 Å². The van der Waals surface area contributed by atoms with Crippen LogP contribution in [0.25, 0.3) is 120 Å². The molecule has 0 fully saturated rings. The number of hydrogen-bond acceptors (Lipinski definition) is 0. The van der Waals surface area contributed by atoms with E-state index in [2.05, 4.69) is 203 Å². The van der Waals surface area contributed by atoms with E-state index in [-0.39, 0.29) is 0 Å². The second-order valence-electron chi connectivity index (χ2n) is 15.3. The van der Waals surface area contributed by atoms with Crippen LogP contribution in [0, 0.1) is 0 Å². The smallest absolute Gasteiger partial charge is 0.0620 e. The molecule has 56 heavy (non-hydrogen) atoms. The quantitative estimate of drug-likeness (QED) is 0.162. The SMILES string of the molecule is c1cc(-c2ccc3c(c2)c2ccccc2n3-c2ccc3c4ccccc4c4ccccc4c3c2)cc(-c2ccc3c4cccc5c6ccccc6n(c3c2)c54)c1. The molecule has 0 radical (unpaired) electrons. The van der Waals surface area contributed by atoms with Gasteiger partial charge < -0.3 is 8.97 Å². The van der Waals surface area contributed by atoms with Crippen LogP contribution in [0.1, 0.15) is 0 Å². The van der Waals surface area contributed by atoms with Crippen LogP contribution in [0.15, 0.2) is 194 Å². The highest BCUT2D eigenvalue weighted by Crippen LogP contribution is 2.42. The number of aromatic nitrogens is 2. The fraction of sp³-hybridized carbons (Fsp3) is 0. The number of benzene rings is 10. The van der Waals surface area contributed by atoms with Gasteiger partial charge in [0, 0.05) is 38.0 Å². The normalized spacial score (nSPS) is 12.3. The van der Waals surface area contributed by atoms with Crippen molar-refractivity contribution in [3.05, 3.63) is 194 Å². The maximum atomic E-state index is 2.46. The van der Waals surface area contributed by atoms with Crippen molar-refractivity contribution in [2.75, 3.05) is 0 Å². The zero-order valence-corrected chi connectivity index (χ0v) is 30.4. The first-order valence-electron chi connectivity index (χ1n) is 19.4. The largest absolute Gasteiger partial charge is 0.309 e. The average Bonchev–Trinajstić information content (AvgIpc) is 3.91.